The smallest absolute Gasteiger partial charge is 0.260 e. The third-order valence-electron chi connectivity index (χ3n) is 2.94. The maximum Gasteiger partial charge on any atom is 0.260 e. The van der Waals surface area contributed by atoms with Crippen LogP contribution in [-0.4, -0.2) is 54.9 Å². The molecule has 0 aliphatic carbocycles. The lowest BCUT2D eigenvalue weighted by Gasteiger charge is -2.31. The lowest BCUT2D eigenvalue weighted by atomic mass is 10.3. The van der Waals surface area contributed by atoms with E-state index in [0.29, 0.717) is 30.5 Å². The number of rotatable bonds is 4. The molecular weight excluding hydrogens is 350 g/mol. The molecule has 1 aliphatic rings. The Morgan fingerprint density at radius 2 is 2.40 bits per heavy atom. The number of halogens is 2. The van der Waals surface area contributed by atoms with E-state index in [9.17, 15) is 4.79 Å². The molecule has 1 aromatic rings. The van der Waals surface area contributed by atoms with Crippen LogP contribution in [0, 0.1) is 0 Å². The monoisotopic (exact) mass is 363 g/mol. The first kappa shape index (κ1) is 15.6. The molecule has 0 bridgehead atoms. The van der Waals surface area contributed by atoms with Crippen molar-refractivity contribution in [2.75, 3.05) is 32.9 Å². The molecule has 1 aliphatic heterocycles. The van der Waals surface area contributed by atoms with E-state index in [1.165, 1.54) is 0 Å². The SMILES string of the molecule is O=C(COc1ccc(Br)cc1Cl)N1CCOC(CO)C1. The molecule has 5 nitrogen and oxygen atoms in total. The maximum atomic E-state index is 12.0. The molecule has 0 saturated carbocycles. The number of aliphatic hydroxyl groups is 1. The van der Waals surface area contributed by atoms with E-state index < -0.39 is 0 Å². The Kier molecular flexibility index (Phi) is 5.65. The second-order valence-corrected chi connectivity index (χ2v) is 5.70. The van der Waals surface area contributed by atoms with Crippen LogP contribution < -0.4 is 4.74 Å². The zero-order valence-electron chi connectivity index (χ0n) is 10.7. The normalized spacial score (nSPS) is 18.9. The van der Waals surface area contributed by atoms with Gasteiger partial charge in [0, 0.05) is 17.6 Å². The Labute approximate surface area is 130 Å². The predicted octanol–water partition coefficient (Wildman–Crippen LogP) is 1.70. The fourth-order valence-corrected chi connectivity index (χ4v) is 2.61. The van der Waals surface area contributed by atoms with Crippen molar-refractivity contribution in [1.82, 2.24) is 4.90 Å². The Morgan fingerprint density at radius 1 is 1.60 bits per heavy atom. The second kappa shape index (κ2) is 7.26. The number of nitrogens with zero attached hydrogens (tertiary/aromatic N) is 1. The first-order valence-electron chi connectivity index (χ1n) is 6.18. The predicted molar refractivity (Wildman–Crippen MR) is 78.1 cm³/mol. The van der Waals surface area contributed by atoms with Gasteiger partial charge in [0.1, 0.15) is 5.75 Å². The van der Waals surface area contributed by atoms with E-state index in [0.717, 1.165) is 4.47 Å². The van der Waals surface area contributed by atoms with Crippen LogP contribution in [0.15, 0.2) is 22.7 Å². The van der Waals surface area contributed by atoms with Gasteiger partial charge in [0.2, 0.25) is 0 Å². The van der Waals surface area contributed by atoms with Crippen molar-refractivity contribution in [3.63, 3.8) is 0 Å². The molecule has 1 heterocycles. The molecule has 1 atom stereocenters. The van der Waals surface area contributed by atoms with Crippen molar-refractivity contribution < 1.29 is 19.4 Å². The summed E-state index contributed by atoms with van der Waals surface area (Å²) >= 11 is 9.31. The Hall–Kier alpha value is -0.820. The van der Waals surface area contributed by atoms with Gasteiger partial charge in [-0.15, -0.1) is 0 Å². The van der Waals surface area contributed by atoms with E-state index in [4.69, 9.17) is 26.2 Å². The number of ether oxygens (including phenoxy) is 2. The highest BCUT2D eigenvalue weighted by atomic mass is 79.9. The molecule has 1 unspecified atom stereocenters. The number of carbonyl (C=O) groups excluding carboxylic acids is 1. The lowest BCUT2D eigenvalue weighted by molar-refractivity contribution is -0.142. The summed E-state index contributed by atoms with van der Waals surface area (Å²) in [7, 11) is 0. The van der Waals surface area contributed by atoms with Crippen LogP contribution in [0.25, 0.3) is 0 Å². The molecule has 7 heteroatoms. The van der Waals surface area contributed by atoms with Gasteiger partial charge in [0.15, 0.2) is 6.61 Å². The van der Waals surface area contributed by atoms with Crippen molar-refractivity contribution in [3.8, 4) is 5.75 Å². The Morgan fingerprint density at radius 3 is 3.10 bits per heavy atom. The average molecular weight is 365 g/mol. The summed E-state index contributed by atoms with van der Waals surface area (Å²) in [5.74, 6) is 0.320. The van der Waals surface area contributed by atoms with Gasteiger partial charge in [-0.2, -0.15) is 0 Å². The third kappa shape index (κ3) is 4.09. The van der Waals surface area contributed by atoms with Crippen LogP contribution in [0.2, 0.25) is 5.02 Å². The van der Waals surface area contributed by atoms with Crippen molar-refractivity contribution in [3.05, 3.63) is 27.7 Å². The van der Waals surface area contributed by atoms with Gasteiger partial charge < -0.3 is 19.5 Å². The molecule has 2 rings (SSSR count). The van der Waals surface area contributed by atoms with E-state index >= 15 is 0 Å². The molecule has 1 saturated heterocycles. The Bertz CT molecular complexity index is 485. The van der Waals surface area contributed by atoms with Gasteiger partial charge in [-0.25, -0.2) is 0 Å². The summed E-state index contributed by atoms with van der Waals surface area (Å²) in [6.45, 7) is 1.14. The number of benzene rings is 1. The summed E-state index contributed by atoms with van der Waals surface area (Å²) in [6, 6.07) is 5.20. The number of hydrogen-bond donors (Lipinski definition) is 1. The molecule has 0 radical (unpaired) electrons. The first-order valence-corrected chi connectivity index (χ1v) is 7.35. The molecule has 1 amide bonds. The number of aliphatic hydroxyl groups excluding tert-OH is 1. The molecule has 1 N–H and O–H groups in total. The third-order valence-corrected chi connectivity index (χ3v) is 3.73. The van der Waals surface area contributed by atoms with Crippen LogP contribution in [0.1, 0.15) is 0 Å². The summed E-state index contributed by atoms with van der Waals surface area (Å²) in [5.41, 5.74) is 0. The lowest BCUT2D eigenvalue weighted by Crippen LogP contribution is -2.48. The highest BCUT2D eigenvalue weighted by Gasteiger charge is 2.24. The van der Waals surface area contributed by atoms with Crippen LogP contribution in [0.4, 0.5) is 0 Å². The van der Waals surface area contributed by atoms with E-state index in [1.54, 1.807) is 23.1 Å². The second-order valence-electron chi connectivity index (χ2n) is 4.38. The van der Waals surface area contributed by atoms with Crippen LogP contribution in [-0.2, 0) is 9.53 Å². The minimum Gasteiger partial charge on any atom is -0.482 e. The molecule has 0 spiro atoms. The van der Waals surface area contributed by atoms with Crippen molar-refractivity contribution in [1.29, 1.82) is 0 Å². The molecular formula is C13H15BrClNO4. The fourth-order valence-electron chi connectivity index (χ4n) is 1.88. The topological polar surface area (TPSA) is 59.0 Å². The quantitative estimate of drug-likeness (QED) is 0.883. The van der Waals surface area contributed by atoms with Gasteiger partial charge in [0.05, 0.1) is 24.3 Å². The first-order chi connectivity index (χ1) is 9.60. The fraction of sp³-hybridized carbons (Fsp3) is 0.462. The van der Waals surface area contributed by atoms with Gasteiger partial charge in [-0.05, 0) is 18.2 Å². The number of hydrogen-bond acceptors (Lipinski definition) is 4. The van der Waals surface area contributed by atoms with E-state index in [2.05, 4.69) is 15.9 Å². The van der Waals surface area contributed by atoms with Gasteiger partial charge in [-0.1, -0.05) is 27.5 Å². The van der Waals surface area contributed by atoms with Crippen molar-refractivity contribution >= 4 is 33.4 Å². The number of amides is 1. The van der Waals surface area contributed by atoms with Crippen molar-refractivity contribution in [2.24, 2.45) is 0 Å². The molecule has 1 aromatic carbocycles. The summed E-state index contributed by atoms with van der Waals surface area (Å²) in [6.07, 6.45) is -0.316. The summed E-state index contributed by atoms with van der Waals surface area (Å²) < 4.78 is 11.6. The zero-order valence-corrected chi connectivity index (χ0v) is 13.1. The highest BCUT2D eigenvalue weighted by molar-refractivity contribution is 9.10. The van der Waals surface area contributed by atoms with Crippen LogP contribution in [0.5, 0.6) is 5.75 Å². The summed E-state index contributed by atoms with van der Waals surface area (Å²) in [4.78, 5) is 13.6. The van der Waals surface area contributed by atoms with Gasteiger partial charge in [-0.3, -0.25) is 4.79 Å². The maximum absolute atomic E-state index is 12.0. The highest BCUT2D eigenvalue weighted by Crippen LogP contribution is 2.27. The minimum atomic E-state index is -0.316. The molecule has 0 aromatic heterocycles. The van der Waals surface area contributed by atoms with Crippen molar-refractivity contribution in [2.45, 2.75) is 6.10 Å². The van der Waals surface area contributed by atoms with E-state index in [-0.39, 0.29) is 25.2 Å². The molecule has 110 valence electrons. The largest absolute Gasteiger partial charge is 0.482 e. The number of carbonyl (C=O) groups is 1. The van der Waals surface area contributed by atoms with E-state index in [1.807, 2.05) is 0 Å². The Balaban J connectivity index is 1.88. The summed E-state index contributed by atoms with van der Waals surface area (Å²) in [5, 5.41) is 9.49. The zero-order chi connectivity index (χ0) is 14.5. The molecule has 20 heavy (non-hydrogen) atoms. The van der Waals surface area contributed by atoms with Gasteiger partial charge in [0.25, 0.3) is 5.91 Å². The minimum absolute atomic E-state index is 0.0838. The van der Waals surface area contributed by atoms with Gasteiger partial charge >= 0.3 is 0 Å². The standard InChI is InChI=1S/C13H15BrClNO4/c14-9-1-2-12(11(15)5-9)20-8-13(18)16-3-4-19-10(6-16)7-17/h1-2,5,10,17H,3-4,6-8H2. The molecule has 1 fully saturated rings. The van der Waals surface area contributed by atoms with Crippen LogP contribution in [0.3, 0.4) is 0 Å². The van der Waals surface area contributed by atoms with Crippen LogP contribution >= 0.6 is 27.5 Å². The average Bonchev–Trinajstić information content (AvgIpc) is 2.46. The number of morpholine rings is 1.